The lowest BCUT2D eigenvalue weighted by Crippen LogP contribution is -2.21. The molecule has 0 bridgehead atoms. The quantitative estimate of drug-likeness (QED) is 0.385. The Morgan fingerprint density at radius 1 is 1.04 bits per heavy atom. The topological polar surface area (TPSA) is 111 Å². The lowest BCUT2D eigenvalue weighted by atomic mass is 10.1. The molecule has 2 N–H and O–H groups in total. The molecular formula is C20H17N3O5. The Kier molecular flexibility index (Phi) is 5.50. The van der Waals surface area contributed by atoms with Crippen LogP contribution in [0.15, 0.2) is 60.7 Å². The summed E-state index contributed by atoms with van der Waals surface area (Å²) in [6.45, 7) is -0.507. The van der Waals surface area contributed by atoms with Crippen LogP contribution >= 0.6 is 0 Å². The number of nitro benzene ring substituents is 1. The maximum Gasteiger partial charge on any atom is 0.338 e. The van der Waals surface area contributed by atoms with E-state index in [1.807, 2.05) is 36.4 Å². The summed E-state index contributed by atoms with van der Waals surface area (Å²) in [5.74, 6) is -1.33. The second-order valence-electron chi connectivity index (χ2n) is 5.93. The number of ether oxygens (including phenoxy) is 1. The van der Waals surface area contributed by atoms with Gasteiger partial charge in [-0.05, 0) is 35.0 Å². The van der Waals surface area contributed by atoms with Crippen molar-refractivity contribution in [2.45, 2.75) is 0 Å². The van der Waals surface area contributed by atoms with E-state index in [-0.39, 0.29) is 16.9 Å². The highest BCUT2D eigenvalue weighted by molar-refractivity contribution is 5.97. The molecule has 0 unspecified atom stereocenters. The summed E-state index contributed by atoms with van der Waals surface area (Å²) in [5.41, 5.74) is 0.589. The molecule has 0 heterocycles. The molecular weight excluding hydrogens is 362 g/mol. The van der Waals surface area contributed by atoms with Crippen molar-refractivity contribution in [2.75, 3.05) is 24.3 Å². The van der Waals surface area contributed by atoms with Crippen LogP contribution < -0.4 is 10.6 Å². The molecule has 0 fully saturated rings. The van der Waals surface area contributed by atoms with Gasteiger partial charge in [0.1, 0.15) is 5.69 Å². The largest absolute Gasteiger partial charge is 0.452 e. The Balaban J connectivity index is 1.63. The van der Waals surface area contributed by atoms with E-state index in [2.05, 4.69) is 10.6 Å². The van der Waals surface area contributed by atoms with E-state index in [9.17, 15) is 19.7 Å². The van der Waals surface area contributed by atoms with Gasteiger partial charge in [-0.25, -0.2) is 4.79 Å². The zero-order chi connectivity index (χ0) is 20.1. The van der Waals surface area contributed by atoms with Crippen molar-refractivity contribution in [2.24, 2.45) is 0 Å². The van der Waals surface area contributed by atoms with Crippen molar-refractivity contribution in [1.82, 2.24) is 0 Å². The van der Waals surface area contributed by atoms with Crippen LogP contribution in [0.4, 0.5) is 17.1 Å². The lowest BCUT2D eigenvalue weighted by Gasteiger charge is -2.08. The van der Waals surface area contributed by atoms with Crippen molar-refractivity contribution in [3.05, 3.63) is 76.3 Å². The summed E-state index contributed by atoms with van der Waals surface area (Å²) in [7, 11) is 1.54. The molecule has 0 aliphatic heterocycles. The van der Waals surface area contributed by atoms with E-state index in [1.165, 1.54) is 19.2 Å². The van der Waals surface area contributed by atoms with E-state index in [1.54, 1.807) is 6.07 Å². The van der Waals surface area contributed by atoms with Crippen LogP contribution in [-0.2, 0) is 9.53 Å². The van der Waals surface area contributed by atoms with E-state index in [0.29, 0.717) is 5.69 Å². The van der Waals surface area contributed by atoms with E-state index in [4.69, 9.17) is 4.74 Å². The van der Waals surface area contributed by atoms with Gasteiger partial charge in [0.2, 0.25) is 0 Å². The number of nitro groups is 1. The molecule has 142 valence electrons. The number of carbonyl (C=O) groups excluding carboxylic acids is 2. The molecule has 0 radical (unpaired) electrons. The highest BCUT2D eigenvalue weighted by Gasteiger charge is 2.18. The molecule has 1 amide bonds. The number of benzene rings is 3. The van der Waals surface area contributed by atoms with Gasteiger partial charge >= 0.3 is 5.97 Å². The van der Waals surface area contributed by atoms with Crippen molar-refractivity contribution in [1.29, 1.82) is 0 Å². The van der Waals surface area contributed by atoms with Gasteiger partial charge in [0.05, 0.1) is 10.5 Å². The number of esters is 1. The predicted octanol–water partition coefficient (Wildman–Crippen LogP) is 3.59. The Labute approximate surface area is 160 Å². The monoisotopic (exact) mass is 379 g/mol. The first-order valence-electron chi connectivity index (χ1n) is 8.40. The van der Waals surface area contributed by atoms with Crippen LogP contribution in [-0.4, -0.2) is 30.5 Å². The zero-order valence-electron chi connectivity index (χ0n) is 15.0. The van der Waals surface area contributed by atoms with Gasteiger partial charge in [0.25, 0.3) is 11.6 Å². The van der Waals surface area contributed by atoms with Gasteiger partial charge in [-0.1, -0.05) is 30.3 Å². The minimum Gasteiger partial charge on any atom is -0.452 e. The molecule has 0 saturated carbocycles. The molecule has 0 saturated heterocycles. The Morgan fingerprint density at radius 2 is 1.79 bits per heavy atom. The molecule has 0 aromatic heterocycles. The van der Waals surface area contributed by atoms with Crippen LogP contribution in [0.1, 0.15) is 10.4 Å². The minimum atomic E-state index is -0.820. The van der Waals surface area contributed by atoms with E-state index >= 15 is 0 Å². The summed E-state index contributed by atoms with van der Waals surface area (Å²) < 4.78 is 4.96. The first-order valence-corrected chi connectivity index (χ1v) is 8.40. The smallest absolute Gasteiger partial charge is 0.338 e. The molecule has 8 heteroatoms. The van der Waals surface area contributed by atoms with E-state index in [0.717, 1.165) is 16.8 Å². The summed E-state index contributed by atoms with van der Waals surface area (Å²) in [6.07, 6.45) is 0. The fourth-order valence-corrected chi connectivity index (χ4v) is 2.70. The molecule has 3 aromatic rings. The lowest BCUT2D eigenvalue weighted by molar-refractivity contribution is -0.384. The third-order valence-corrected chi connectivity index (χ3v) is 4.07. The molecule has 3 aromatic carbocycles. The SMILES string of the molecule is CNc1ccc(C(=O)OCC(=O)Nc2ccc3ccccc3c2)cc1[N+](=O)[O-]. The molecule has 3 rings (SSSR count). The number of nitrogens with one attached hydrogen (secondary N) is 2. The maximum absolute atomic E-state index is 12.1. The summed E-state index contributed by atoms with van der Waals surface area (Å²) in [4.78, 5) is 34.6. The highest BCUT2D eigenvalue weighted by Crippen LogP contribution is 2.25. The van der Waals surface area contributed by atoms with Gasteiger partial charge in [0.15, 0.2) is 6.61 Å². The van der Waals surface area contributed by atoms with Crippen LogP contribution in [0.3, 0.4) is 0 Å². The predicted molar refractivity (Wildman–Crippen MR) is 106 cm³/mol. The summed E-state index contributed by atoms with van der Waals surface area (Å²) in [5, 5.41) is 18.4. The number of hydrogen-bond donors (Lipinski definition) is 2. The van der Waals surface area contributed by atoms with Crippen LogP contribution in [0, 0.1) is 10.1 Å². The number of hydrogen-bond acceptors (Lipinski definition) is 6. The minimum absolute atomic E-state index is 0.01000. The van der Waals surface area contributed by atoms with Crippen molar-refractivity contribution >= 4 is 39.7 Å². The number of nitrogens with zero attached hydrogens (tertiary/aromatic N) is 1. The second-order valence-corrected chi connectivity index (χ2v) is 5.93. The molecule has 0 atom stereocenters. The zero-order valence-corrected chi connectivity index (χ0v) is 15.0. The van der Waals surface area contributed by atoms with Gasteiger partial charge in [0, 0.05) is 18.8 Å². The van der Waals surface area contributed by atoms with Gasteiger partial charge in [-0.3, -0.25) is 14.9 Å². The van der Waals surface area contributed by atoms with Crippen molar-refractivity contribution in [3.8, 4) is 0 Å². The maximum atomic E-state index is 12.1. The number of anilines is 2. The average molecular weight is 379 g/mol. The highest BCUT2D eigenvalue weighted by atomic mass is 16.6. The molecule has 0 spiro atoms. The first kappa shape index (κ1) is 18.8. The second kappa shape index (κ2) is 8.17. The molecule has 28 heavy (non-hydrogen) atoms. The molecule has 0 aliphatic carbocycles. The number of fused-ring (bicyclic) bond motifs is 1. The Bertz CT molecular complexity index is 1060. The number of amides is 1. The van der Waals surface area contributed by atoms with Gasteiger partial charge in [-0.2, -0.15) is 0 Å². The van der Waals surface area contributed by atoms with Crippen LogP contribution in [0.25, 0.3) is 10.8 Å². The Hall–Kier alpha value is -3.94. The van der Waals surface area contributed by atoms with Crippen molar-refractivity contribution < 1.29 is 19.2 Å². The molecule has 8 nitrogen and oxygen atoms in total. The third kappa shape index (κ3) is 4.24. The molecule has 0 aliphatic rings. The number of carbonyl (C=O) groups is 2. The Morgan fingerprint density at radius 3 is 2.50 bits per heavy atom. The van der Waals surface area contributed by atoms with Crippen LogP contribution in [0.5, 0.6) is 0 Å². The summed E-state index contributed by atoms with van der Waals surface area (Å²) >= 11 is 0. The standard InChI is InChI=1S/C20H17N3O5/c1-21-17-9-7-15(11-18(17)23(26)27)20(25)28-12-19(24)22-16-8-6-13-4-2-3-5-14(13)10-16/h2-11,21H,12H2,1H3,(H,22,24). The first-order chi connectivity index (χ1) is 13.5. The van der Waals surface area contributed by atoms with Gasteiger partial charge < -0.3 is 15.4 Å². The fourth-order valence-electron chi connectivity index (χ4n) is 2.70. The van der Waals surface area contributed by atoms with E-state index < -0.39 is 23.4 Å². The normalized spacial score (nSPS) is 10.3. The van der Waals surface area contributed by atoms with Crippen LogP contribution in [0.2, 0.25) is 0 Å². The van der Waals surface area contributed by atoms with Gasteiger partial charge in [-0.15, -0.1) is 0 Å². The average Bonchev–Trinajstić information content (AvgIpc) is 2.71. The third-order valence-electron chi connectivity index (χ3n) is 4.07. The summed E-state index contributed by atoms with van der Waals surface area (Å²) in [6, 6.07) is 17.0. The fraction of sp³-hybridized carbons (Fsp3) is 0.100. The van der Waals surface area contributed by atoms with Crippen molar-refractivity contribution in [3.63, 3.8) is 0 Å². The number of rotatable bonds is 6.